The van der Waals surface area contributed by atoms with Crippen LogP contribution >= 0.6 is 22.9 Å². The zero-order chi connectivity index (χ0) is 12.0. The third kappa shape index (κ3) is 1.77. The Balaban J connectivity index is 2.25. The van der Waals surface area contributed by atoms with Gasteiger partial charge in [0, 0.05) is 16.8 Å². The summed E-state index contributed by atoms with van der Waals surface area (Å²) < 4.78 is 2.40. The Kier molecular flexibility index (Phi) is 2.31. The Hall–Kier alpha value is -1.59. The van der Waals surface area contributed by atoms with Gasteiger partial charge in [0.2, 0.25) is 5.13 Å². The molecule has 0 atom stereocenters. The van der Waals surface area contributed by atoms with Crippen LogP contribution in [0.3, 0.4) is 0 Å². The number of rotatable bonds is 1. The molecule has 0 bridgehead atoms. The van der Waals surface area contributed by atoms with Crippen molar-refractivity contribution in [2.75, 3.05) is 0 Å². The first-order valence-corrected chi connectivity index (χ1v) is 6.18. The number of thiazole rings is 1. The zero-order valence-corrected chi connectivity index (χ0v) is 10.5. The molecule has 86 valence electrons. The summed E-state index contributed by atoms with van der Waals surface area (Å²) in [6.45, 7) is 1.84. The third-order valence-electron chi connectivity index (χ3n) is 2.38. The van der Waals surface area contributed by atoms with E-state index in [4.69, 9.17) is 11.6 Å². The summed E-state index contributed by atoms with van der Waals surface area (Å²) in [7, 11) is 0. The number of H-pyrrole nitrogens is 1. The molecule has 0 amide bonds. The molecule has 0 unspecified atom stereocenters. The highest BCUT2D eigenvalue weighted by molar-refractivity contribution is 7.20. The Bertz CT molecular complexity index is 756. The minimum atomic E-state index is -0.104. The van der Waals surface area contributed by atoms with E-state index in [9.17, 15) is 4.79 Å². The van der Waals surface area contributed by atoms with E-state index in [1.165, 1.54) is 16.0 Å². The summed E-state index contributed by atoms with van der Waals surface area (Å²) in [4.78, 5) is 16.0. The number of nitrogens with zero attached hydrogens (tertiary/aromatic N) is 2. The molecule has 3 rings (SSSR count). The van der Waals surface area contributed by atoms with Gasteiger partial charge < -0.3 is 0 Å². The minimum Gasteiger partial charge on any atom is -0.293 e. The van der Waals surface area contributed by atoms with Crippen LogP contribution < -0.4 is 5.56 Å². The fourth-order valence-electron chi connectivity index (χ4n) is 1.64. The topological polar surface area (TPSA) is 50.7 Å². The number of fused-ring (bicyclic) bond motifs is 1. The maximum absolute atomic E-state index is 11.7. The second-order valence-corrected chi connectivity index (χ2v) is 5.17. The molecular formula is C11H8ClN3OS. The van der Waals surface area contributed by atoms with E-state index in [0.717, 1.165) is 15.9 Å². The lowest BCUT2D eigenvalue weighted by Gasteiger charge is -1.92. The lowest BCUT2D eigenvalue weighted by atomic mass is 10.3. The van der Waals surface area contributed by atoms with E-state index in [0.29, 0.717) is 10.2 Å². The maximum Gasteiger partial charge on any atom is 0.273 e. The number of aromatic nitrogens is 3. The van der Waals surface area contributed by atoms with Gasteiger partial charge in [-0.15, -0.1) is 0 Å². The highest BCUT2D eigenvalue weighted by Gasteiger charge is 2.09. The van der Waals surface area contributed by atoms with Crippen molar-refractivity contribution < 1.29 is 0 Å². The van der Waals surface area contributed by atoms with Crippen LogP contribution in [0.1, 0.15) is 5.69 Å². The second kappa shape index (κ2) is 3.72. The van der Waals surface area contributed by atoms with Gasteiger partial charge in [0.05, 0.1) is 10.2 Å². The highest BCUT2D eigenvalue weighted by atomic mass is 35.5. The fraction of sp³-hybridized carbons (Fsp3) is 0.0909. The number of nitrogens with one attached hydrogen (secondary N) is 1. The maximum atomic E-state index is 11.7. The summed E-state index contributed by atoms with van der Waals surface area (Å²) in [5, 5.41) is 4.25. The van der Waals surface area contributed by atoms with Gasteiger partial charge in [-0.2, -0.15) is 4.68 Å². The molecule has 1 aromatic carbocycles. The standard InChI is InChI=1S/C11H8ClN3OS/c1-6-4-10(16)15(14-6)11-13-8-3-2-7(12)5-9(8)17-11/h2-5,14H,1H3. The van der Waals surface area contributed by atoms with Gasteiger partial charge in [0.25, 0.3) is 5.56 Å². The molecule has 17 heavy (non-hydrogen) atoms. The van der Waals surface area contributed by atoms with E-state index >= 15 is 0 Å². The number of halogens is 1. The largest absolute Gasteiger partial charge is 0.293 e. The van der Waals surface area contributed by atoms with Crippen LogP contribution in [0, 0.1) is 6.92 Å². The molecule has 0 radical (unpaired) electrons. The first kappa shape index (κ1) is 10.6. The molecule has 0 saturated heterocycles. The highest BCUT2D eigenvalue weighted by Crippen LogP contribution is 2.26. The van der Waals surface area contributed by atoms with Crippen LogP contribution in [0.15, 0.2) is 29.1 Å². The summed E-state index contributed by atoms with van der Waals surface area (Å²) >= 11 is 7.34. The van der Waals surface area contributed by atoms with Crippen LogP contribution in [0.5, 0.6) is 0 Å². The van der Waals surface area contributed by atoms with E-state index in [1.807, 2.05) is 19.1 Å². The lowest BCUT2D eigenvalue weighted by Crippen LogP contribution is -2.12. The number of benzene rings is 1. The van der Waals surface area contributed by atoms with Crippen LogP contribution in [0.25, 0.3) is 15.3 Å². The van der Waals surface area contributed by atoms with Gasteiger partial charge >= 0.3 is 0 Å². The molecule has 0 aliphatic carbocycles. The van der Waals surface area contributed by atoms with Crippen molar-refractivity contribution in [2.45, 2.75) is 6.92 Å². The lowest BCUT2D eigenvalue weighted by molar-refractivity contribution is 0.829. The predicted molar refractivity (Wildman–Crippen MR) is 69.3 cm³/mol. The third-order valence-corrected chi connectivity index (χ3v) is 3.62. The van der Waals surface area contributed by atoms with Crippen LogP contribution in [0.4, 0.5) is 0 Å². The number of aromatic amines is 1. The normalized spacial score (nSPS) is 11.2. The molecule has 0 spiro atoms. The molecule has 0 aliphatic rings. The van der Waals surface area contributed by atoms with E-state index in [2.05, 4.69) is 10.1 Å². The van der Waals surface area contributed by atoms with Crippen LogP contribution in [-0.2, 0) is 0 Å². The van der Waals surface area contributed by atoms with Gasteiger partial charge in [0.1, 0.15) is 0 Å². The minimum absolute atomic E-state index is 0.104. The monoisotopic (exact) mass is 265 g/mol. The average Bonchev–Trinajstić information content (AvgIpc) is 2.80. The van der Waals surface area contributed by atoms with E-state index in [1.54, 1.807) is 12.1 Å². The second-order valence-electron chi connectivity index (χ2n) is 3.72. The van der Waals surface area contributed by atoms with Gasteiger partial charge in [-0.25, -0.2) is 4.98 Å². The van der Waals surface area contributed by atoms with Crippen molar-refractivity contribution in [3.8, 4) is 5.13 Å². The number of hydrogen-bond donors (Lipinski definition) is 1. The summed E-state index contributed by atoms with van der Waals surface area (Å²) in [5.74, 6) is 0. The van der Waals surface area contributed by atoms with Gasteiger partial charge in [-0.05, 0) is 25.1 Å². The molecule has 4 nitrogen and oxygen atoms in total. The van der Waals surface area contributed by atoms with Crippen molar-refractivity contribution >= 4 is 33.2 Å². The van der Waals surface area contributed by atoms with Gasteiger partial charge in [-0.1, -0.05) is 22.9 Å². The molecule has 0 saturated carbocycles. The van der Waals surface area contributed by atoms with Crippen LogP contribution in [-0.4, -0.2) is 14.8 Å². The summed E-state index contributed by atoms with van der Waals surface area (Å²) in [6, 6.07) is 7.02. The Morgan fingerprint density at radius 1 is 1.41 bits per heavy atom. The van der Waals surface area contributed by atoms with Crippen molar-refractivity contribution in [3.63, 3.8) is 0 Å². The van der Waals surface area contributed by atoms with E-state index in [-0.39, 0.29) is 5.56 Å². The quantitative estimate of drug-likeness (QED) is 0.735. The predicted octanol–water partition coefficient (Wildman–Crippen LogP) is 2.74. The van der Waals surface area contributed by atoms with E-state index < -0.39 is 0 Å². The van der Waals surface area contributed by atoms with Crippen molar-refractivity contribution in [2.24, 2.45) is 0 Å². The molecule has 0 aliphatic heterocycles. The Labute approximate surface area is 105 Å². The number of hydrogen-bond acceptors (Lipinski definition) is 3. The molecule has 2 aromatic heterocycles. The number of aryl methyl sites for hydroxylation is 1. The molecule has 3 aromatic rings. The Morgan fingerprint density at radius 2 is 2.24 bits per heavy atom. The summed E-state index contributed by atoms with van der Waals surface area (Å²) in [6.07, 6.45) is 0. The Morgan fingerprint density at radius 3 is 2.94 bits per heavy atom. The van der Waals surface area contributed by atoms with Crippen LogP contribution in [0.2, 0.25) is 5.02 Å². The fourth-order valence-corrected chi connectivity index (χ4v) is 2.85. The molecular weight excluding hydrogens is 258 g/mol. The molecule has 2 heterocycles. The first-order valence-electron chi connectivity index (χ1n) is 4.98. The first-order chi connectivity index (χ1) is 8.13. The SMILES string of the molecule is Cc1cc(=O)n(-c2nc3ccc(Cl)cc3s2)[nH]1. The van der Waals surface area contributed by atoms with Crippen molar-refractivity contribution in [1.82, 2.24) is 14.8 Å². The molecule has 0 fully saturated rings. The van der Waals surface area contributed by atoms with Crippen molar-refractivity contribution in [1.29, 1.82) is 0 Å². The molecule has 6 heteroatoms. The smallest absolute Gasteiger partial charge is 0.273 e. The van der Waals surface area contributed by atoms with Crippen molar-refractivity contribution in [3.05, 3.63) is 45.3 Å². The molecule has 1 N–H and O–H groups in total. The van der Waals surface area contributed by atoms with Gasteiger partial charge in [-0.3, -0.25) is 9.89 Å². The summed E-state index contributed by atoms with van der Waals surface area (Å²) in [5.41, 5.74) is 1.55. The zero-order valence-electron chi connectivity index (χ0n) is 8.90. The van der Waals surface area contributed by atoms with Gasteiger partial charge in [0.15, 0.2) is 0 Å². The average molecular weight is 266 g/mol.